The highest BCUT2D eigenvalue weighted by Gasteiger charge is 2.26. The highest BCUT2D eigenvalue weighted by atomic mass is 16.2. The summed E-state index contributed by atoms with van der Waals surface area (Å²) in [4.78, 5) is 18.7. The number of nitrogens with one attached hydrogen (secondary N) is 2. The lowest BCUT2D eigenvalue weighted by Crippen LogP contribution is -2.49. The second-order valence-corrected chi connectivity index (χ2v) is 4.92. The molecule has 90 valence electrons. The standard InChI is InChI=1S/C11H20N4O/c1-11(2,3)9(12)10(16)15-5-4-8-13-6-7-14-8/h6-7,9H,4-5,12H2,1-3H3,(H,13,14)(H,15,16)/t9-/m0/s1. The molecule has 1 aromatic rings. The summed E-state index contributed by atoms with van der Waals surface area (Å²) in [6.45, 7) is 6.40. The molecule has 0 bridgehead atoms. The van der Waals surface area contributed by atoms with E-state index in [1.165, 1.54) is 0 Å². The van der Waals surface area contributed by atoms with Crippen molar-refractivity contribution < 1.29 is 4.79 Å². The first-order valence-corrected chi connectivity index (χ1v) is 5.43. The van der Waals surface area contributed by atoms with Crippen molar-refractivity contribution in [2.75, 3.05) is 6.54 Å². The first-order chi connectivity index (χ1) is 7.41. The number of aromatic nitrogens is 2. The quantitative estimate of drug-likeness (QED) is 0.694. The molecule has 0 saturated heterocycles. The van der Waals surface area contributed by atoms with Gasteiger partial charge in [0.05, 0.1) is 6.04 Å². The molecule has 0 radical (unpaired) electrons. The second-order valence-electron chi connectivity index (χ2n) is 4.92. The number of nitrogens with zero attached hydrogens (tertiary/aromatic N) is 1. The molecule has 16 heavy (non-hydrogen) atoms. The van der Waals surface area contributed by atoms with Crippen molar-refractivity contribution in [2.45, 2.75) is 33.2 Å². The van der Waals surface area contributed by atoms with E-state index in [1.54, 1.807) is 12.4 Å². The van der Waals surface area contributed by atoms with Crippen LogP contribution < -0.4 is 11.1 Å². The van der Waals surface area contributed by atoms with Crippen molar-refractivity contribution in [3.63, 3.8) is 0 Å². The minimum absolute atomic E-state index is 0.112. The molecule has 0 saturated carbocycles. The molecule has 1 amide bonds. The predicted octanol–water partition coefficient (Wildman–Crippen LogP) is 0.442. The number of rotatable bonds is 4. The first-order valence-electron chi connectivity index (χ1n) is 5.43. The van der Waals surface area contributed by atoms with Gasteiger partial charge in [0.1, 0.15) is 5.82 Å². The zero-order valence-electron chi connectivity index (χ0n) is 10.1. The van der Waals surface area contributed by atoms with E-state index in [0.29, 0.717) is 13.0 Å². The molecule has 0 fully saturated rings. The molecule has 0 aromatic carbocycles. The van der Waals surface area contributed by atoms with Gasteiger partial charge in [-0.3, -0.25) is 4.79 Å². The number of hydrogen-bond acceptors (Lipinski definition) is 3. The van der Waals surface area contributed by atoms with Gasteiger partial charge < -0.3 is 16.0 Å². The van der Waals surface area contributed by atoms with Crippen LogP contribution in [0.1, 0.15) is 26.6 Å². The van der Waals surface area contributed by atoms with Gasteiger partial charge in [-0.15, -0.1) is 0 Å². The van der Waals surface area contributed by atoms with E-state index in [-0.39, 0.29) is 11.3 Å². The van der Waals surface area contributed by atoms with Crippen LogP contribution in [0.2, 0.25) is 0 Å². The third-order valence-corrected chi connectivity index (χ3v) is 2.43. The molecular weight excluding hydrogens is 204 g/mol. The molecule has 0 aliphatic carbocycles. The van der Waals surface area contributed by atoms with Gasteiger partial charge >= 0.3 is 0 Å². The predicted molar refractivity (Wildman–Crippen MR) is 62.7 cm³/mol. The zero-order valence-corrected chi connectivity index (χ0v) is 10.1. The minimum Gasteiger partial charge on any atom is -0.354 e. The SMILES string of the molecule is CC(C)(C)[C@@H](N)C(=O)NCCc1ncc[nH]1. The summed E-state index contributed by atoms with van der Waals surface area (Å²) < 4.78 is 0. The molecule has 0 unspecified atom stereocenters. The Morgan fingerprint density at radius 1 is 1.62 bits per heavy atom. The average molecular weight is 224 g/mol. The van der Waals surface area contributed by atoms with Crippen molar-refractivity contribution >= 4 is 5.91 Å². The Labute approximate surface area is 95.8 Å². The van der Waals surface area contributed by atoms with E-state index in [2.05, 4.69) is 15.3 Å². The van der Waals surface area contributed by atoms with Crippen LogP contribution in [0.3, 0.4) is 0 Å². The minimum atomic E-state index is -0.482. The van der Waals surface area contributed by atoms with Crippen LogP contribution in [0.15, 0.2) is 12.4 Å². The molecule has 1 heterocycles. The van der Waals surface area contributed by atoms with E-state index in [9.17, 15) is 4.79 Å². The third-order valence-electron chi connectivity index (χ3n) is 2.43. The third kappa shape index (κ3) is 3.66. The highest BCUT2D eigenvalue weighted by molar-refractivity contribution is 5.82. The van der Waals surface area contributed by atoms with Crippen LogP contribution in [0, 0.1) is 5.41 Å². The van der Waals surface area contributed by atoms with Crippen molar-refractivity contribution in [2.24, 2.45) is 11.1 Å². The lowest BCUT2D eigenvalue weighted by atomic mass is 9.87. The summed E-state index contributed by atoms with van der Waals surface area (Å²) in [6, 6.07) is -0.482. The van der Waals surface area contributed by atoms with Gasteiger partial charge in [-0.05, 0) is 5.41 Å². The monoisotopic (exact) mass is 224 g/mol. The fraction of sp³-hybridized carbons (Fsp3) is 0.636. The molecule has 1 rings (SSSR count). The van der Waals surface area contributed by atoms with Crippen molar-refractivity contribution in [1.82, 2.24) is 15.3 Å². The van der Waals surface area contributed by atoms with E-state index in [0.717, 1.165) is 5.82 Å². The van der Waals surface area contributed by atoms with Crippen molar-refractivity contribution in [3.8, 4) is 0 Å². The Kier molecular flexibility index (Phi) is 4.06. The van der Waals surface area contributed by atoms with E-state index in [4.69, 9.17) is 5.73 Å². The van der Waals surface area contributed by atoms with Gasteiger partial charge in [0.2, 0.25) is 5.91 Å². The smallest absolute Gasteiger partial charge is 0.237 e. The van der Waals surface area contributed by atoms with Gasteiger partial charge in [0, 0.05) is 25.4 Å². The lowest BCUT2D eigenvalue weighted by molar-refractivity contribution is -0.124. The number of aromatic amines is 1. The molecule has 1 atom stereocenters. The Morgan fingerprint density at radius 2 is 2.31 bits per heavy atom. The summed E-state index contributed by atoms with van der Waals surface area (Å²) >= 11 is 0. The molecule has 0 spiro atoms. The molecule has 5 nitrogen and oxygen atoms in total. The molecule has 1 aromatic heterocycles. The van der Waals surface area contributed by atoms with E-state index in [1.807, 2.05) is 20.8 Å². The van der Waals surface area contributed by atoms with Crippen LogP contribution in [0.25, 0.3) is 0 Å². The van der Waals surface area contributed by atoms with E-state index < -0.39 is 6.04 Å². The van der Waals surface area contributed by atoms with Crippen LogP contribution in [0.4, 0.5) is 0 Å². The van der Waals surface area contributed by atoms with Crippen LogP contribution in [-0.4, -0.2) is 28.5 Å². The van der Waals surface area contributed by atoms with Gasteiger partial charge in [-0.2, -0.15) is 0 Å². The maximum atomic E-state index is 11.7. The molecule has 0 aliphatic rings. The van der Waals surface area contributed by atoms with Gasteiger partial charge in [-0.1, -0.05) is 20.8 Å². The lowest BCUT2D eigenvalue weighted by Gasteiger charge is -2.25. The molecule has 5 heteroatoms. The Bertz CT molecular complexity index is 326. The van der Waals surface area contributed by atoms with Crippen LogP contribution in [0.5, 0.6) is 0 Å². The van der Waals surface area contributed by atoms with Crippen LogP contribution in [-0.2, 0) is 11.2 Å². The summed E-state index contributed by atoms with van der Waals surface area (Å²) in [7, 11) is 0. The zero-order chi connectivity index (χ0) is 12.2. The van der Waals surface area contributed by atoms with Crippen LogP contribution >= 0.6 is 0 Å². The first kappa shape index (κ1) is 12.7. The Hall–Kier alpha value is -1.36. The summed E-state index contributed by atoms with van der Waals surface area (Å²) in [6.07, 6.45) is 4.14. The van der Waals surface area contributed by atoms with Gasteiger partial charge in [0.15, 0.2) is 0 Å². The summed E-state index contributed by atoms with van der Waals surface area (Å²) in [5, 5.41) is 2.80. The molecule has 4 N–H and O–H groups in total. The largest absolute Gasteiger partial charge is 0.354 e. The number of H-pyrrole nitrogens is 1. The van der Waals surface area contributed by atoms with Crippen molar-refractivity contribution in [1.29, 1.82) is 0 Å². The van der Waals surface area contributed by atoms with Crippen molar-refractivity contribution in [3.05, 3.63) is 18.2 Å². The summed E-state index contributed by atoms with van der Waals surface area (Å²) in [5.74, 6) is 0.753. The number of imidazole rings is 1. The number of carbonyl (C=O) groups is 1. The summed E-state index contributed by atoms with van der Waals surface area (Å²) in [5.41, 5.74) is 5.60. The number of nitrogens with two attached hydrogens (primary N) is 1. The number of carbonyl (C=O) groups excluding carboxylic acids is 1. The molecular formula is C11H20N4O. The fourth-order valence-corrected chi connectivity index (χ4v) is 1.24. The number of hydrogen-bond donors (Lipinski definition) is 3. The Balaban J connectivity index is 2.30. The highest BCUT2D eigenvalue weighted by Crippen LogP contribution is 2.16. The fourth-order valence-electron chi connectivity index (χ4n) is 1.24. The maximum absolute atomic E-state index is 11.7. The second kappa shape index (κ2) is 5.12. The average Bonchev–Trinajstić information content (AvgIpc) is 2.67. The Morgan fingerprint density at radius 3 is 2.81 bits per heavy atom. The number of amides is 1. The van der Waals surface area contributed by atoms with Gasteiger partial charge in [-0.25, -0.2) is 4.98 Å². The topological polar surface area (TPSA) is 83.8 Å². The molecule has 0 aliphatic heterocycles. The van der Waals surface area contributed by atoms with Gasteiger partial charge in [0.25, 0.3) is 0 Å². The van der Waals surface area contributed by atoms with E-state index >= 15 is 0 Å². The normalized spacial score (nSPS) is 13.5. The maximum Gasteiger partial charge on any atom is 0.237 e.